The molecule has 1 atom stereocenters. The lowest BCUT2D eigenvalue weighted by atomic mass is 9.87. The molecule has 3 rings (SSSR count). The van der Waals surface area contributed by atoms with Crippen LogP contribution in [0.3, 0.4) is 0 Å². The maximum atomic E-state index is 13.8. The van der Waals surface area contributed by atoms with Crippen molar-refractivity contribution in [2.24, 2.45) is 5.92 Å². The van der Waals surface area contributed by atoms with E-state index in [1.165, 1.54) is 0 Å². The fourth-order valence-corrected chi connectivity index (χ4v) is 6.15. The fourth-order valence-electron chi connectivity index (χ4n) is 4.94. The molecule has 0 aromatic heterocycles. The van der Waals surface area contributed by atoms with E-state index in [1.54, 1.807) is 6.92 Å². The molecular formula is C23H40N2O7S. The number of hydrogen-bond donors (Lipinski definition) is 0. The highest BCUT2D eigenvalue weighted by Gasteiger charge is 2.56. The van der Waals surface area contributed by atoms with Gasteiger partial charge in [0, 0.05) is 26.2 Å². The average Bonchev–Trinajstić information content (AvgIpc) is 3.27. The summed E-state index contributed by atoms with van der Waals surface area (Å²) in [6.45, 7) is 9.44. The highest BCUT2D eigenvalue weighted by Crippen LogP contribution is 2.37. The average molecular weight is 489 g/mol. The molecule has 0 radical (unpaired) electrons. The largest absolute Gasteiger partial charge is 0.466 e. The molecule has 2 heterocycles. The van der Waals surface area contributed by atoms with Gasteiger partial charge in [0.05, 0.1) is 30.1 Å². The van der Waals surface area contributed by atoms with Crippen LogP contribution in [0.4, 0.5) is 0 Å². The number of ether oxygens (including phenoxy) is 3. The summed E-state index contributed by atoms with van der Waals surface area (Å²) in [4.78, 5) is 29.9. The van der Waals surface area contributed by atoms with Gasteiger partial charge in [0.25, 0.3) is 5.85 Å². The topological polar surface area (TPSA) is 102 Å². The second kappa shape index (κ2) is 10.6. The van der Waals surface area contributed by atoms with E-state index < -0.39 is 27.3 Å². The Balaban J connectivity index is 1.87. The zero-order chi connectivity index (χ0) is 24.3. The van der Waals surface area contributed by atoms with Crippen molar-refractivity contribution in [1.29, 1.82) is 0 Å². The van der Waals surface area contributed by atoms with Crippen molar-refractivity contribution in [3.63, 3.8) is 0 Å². The number of nitrogens with zero attached hydrogens (tertiary/aromatic N) is 2. The van der Waals surface area contributed by atoms with Gasteiger partial charge >= 0.3 is 11.9 Å². The number of hydrogen-bond acceptors (Lipinski definition) is 9. The van der Waals surface area contributed by atoms with Gasteiger partial charge in [0.2, 0.25) is 0 Å². The summed E-state index contributed by atoms with van der Waals surface area (Å²) in [7, 11) is -3.13. The Morgan fingerprint density at radius 3 is 1.97 bits per heavy atom. The van der Waals surface area contributed by atoms with Gasteiger partial charge in [0.15, 0.2) is 9.84 Å². The van der Waals surface area contributed by atoms with Crippen LogP contribution >= 0.6 is 0 Å². The summed E-state index contributed by atoms with van der Waals surface area (Å²) < 4.78 is 42.0. The van der Waals surface area contributed by atoms with E-state index in [0.29, 0.717) is 45.4 Å². The lowest BCUT2D eigenvalue weighted by Gasteiger charge is -2.50. The quantitative estimate of drug-likeness (QED) is 0.498. The van der Waals surface area contributed by atoms with E-state index in [2.05, 4.69) is 0 Å². The molecule has 1 saturated carbocycles. The molecular weight excluding hydrogens is 448 g/mol. The Morgan fingerprint density at radius 2 is 1.45 bits per heavy atom. The summed E-state index contributed by atoms with van der Waals surface area (Å²) in [6, 6.07) is 0. The highest BCUT2D eigenvalue weighted by atomic mass is 32.2. The minimum absolute atomic E-state index is 0.00958. The van der Waals surface area contributed by atoms with E-state index in [-0.39, 0.29) is 42.6 Å². The summed E-state index contributed by atoms with van der Waals surface area (Å²) in [5.41, 5.74) is -0.713. The van der Waals surface area contributed by atoms with Crippen LogP contribution in [0.5, 0.6) is 0 Å². The minimum atomic E-state index is -3.13. The summed E-state index contributed by atoms with van der Waals surface area (Å²) in [5, 5.41) is 0. The second-order valence-corrected chi connectivity index (χ2v) is 12.6. The molecule has 0 amide bonds. The molecule has 1 aliphatic carbocycles. The van der Waals surface area contributed by atoms with Crippen molar-refractivity contribution in [1.82, 2.24) is 9.80 Å². The smallest absolute Gasteiger partial charge is 0.371 e. The summed E-state index contributed by atoms with van der Waals surface area (Å²) in [6.07, 6.45) is 4.19. The number of carbonyl (C=O) groups excluding carboxylic acids is 2. The Morgan fingerprint density at radius 1 is 0.909 bits per heavy atom. The van der Waals surface area contributed by atoms with Gasteiger partial charge in [-0.2, -0.15) is 0 Å². The van der Waals surface area contributed by atoms with Gasteiger partial charge in [-0.1, -0.05) is 0 Å². The van der Waals surface area contributed by atoms with Gasteiger partial charge in [-0.05, 0) is 66.2 Å². The first-order valence-electron chi connectivity index (χ1n) is 12.3. The number of rotatable bonds is 7. The van der Waals surface area contributed by atoms with Gasteiger partial charge < -0.3 is 14.2 Å². The molecule has 2 aliphatic heterocycles. The van der Waals surface area contributed by atoms with Crippen molar-refractivity contribution < 1.29 is 32.2 Å². The monoisotopic (exact) mass is 488 g/mol. The molecule has 33 heavy (non-hydrogen) atoms. The van der Waals surface area contributed by atoms with Crippen LogP contribution in [0.1, 0.15) is 66.2 Å². The van der Waals surface area contributed by atoms with Crippen LogP contribution in [0.25, 0.3) is 0 Å². The summed E-state index contributed by atoms with van der Waals surface area (Å²) in [5.74, 6) is -2.28. The number of esters is 2. The third-order valence-corrected chi connectivity index (χ3v) is 8.21. The highest BCUT2D eigenvalue weighted by molar-refractivity contribution is 7.91. The maximum absolute atomic E-state index is 13.8. The molecule has 3 aliphatic rings. The summed E-state index contributed by atoms with van der Waals surface area (Å²) >= 11 is 0. The van der Waals surface area contributed by atoms with Gasteiger partial charge in [-0.25, -0.2) is 13.2 Å². The zero-order valence-electron chi connectivity index (χ0n) is 20.5. The SMILES string of the molecule is CCOC(=O)C1CCC(OC(C(=O)OC(C)(C)C)(N2CCCC2)N2CCS(=O)(=O)CC2)CC1. The molecule has 0 aromatic rings. The first-order chi connectivity index (χ1) is 15.5. The maximum Gasteiger partial charge on any atom is 0.371 e. The number of carbonyl (C=O) groups is 2. The fraction of sp³-hybridized carbons (Fsp3) is 0.913. The van der Waals surface area contributed by atoms with Gasteiger partial charge in [-0.15, -0.1) is 0 Å². The van der Waals surface area contributed by atoms with Crippen LogP contribution in [0.15, 0.2) is 0 Å². The molecule has 0 spiro atoms. The van der Waals surface area contributed by atoms with Crippen molar-refractivity contribution in [2.45, 2.75) is 83.8 Å². The predicted octanol–water partition coefficient (Wildman–Crippen LogP) is 1.95. The molecule has 0 aromatic carbocycles. The molecule has 2 saturated heterocycles. The molecule has 1 unspecified atom stereocenters. The lowest BCUT2D eigenvalue weighted by Crippen LogP contribution is -2.70. The zero-order valence-corrected chi connectivity index (χ0v) is 21.3. The van der Waals surface area contributed by atoms with Crippen LogP contribution in [-0.4, -0.2) is 92.0 Å². The van der Waals surface area contributed by atoms with Crippen LogP contribution in [-0.2, 0) is 33.6 Å². The predicted molar refractivity (Wildman–Crippen MR) is 123 cm³/mol. The van der Waals surface area contributed by atoms with E-state index in [1.807, 2.05) is 30.6 Å². The van der Waals surface area contributed by atoms with E-state index in [4.69, 9.17) is 14.2 Å². The third kappa shape index (κ3) is 6.46. The molecule has 190 valence electrons. The molecule has 3 fully saturated rings. The van der Waals surface area contributed by atoms with Crippen molar-refractivity contribution in [3.8, 4) is 0 Å². The first kappa shape index (κ1) is 26.4. The molecule has 0 N–H and O–H groups in total. The van der Waals surface area contributed by atoms with Crippen molar-refractivity contribution in [3.05, 3.63) is 0 Å². The minimum Gasteiger partial charge on any atom is -0.466 e. The molecule has 0 bridgehead atoms. The lowest BCUT2D eigenvalue weighted by molar-refractivity contribution is -0.276. The van der Waals surface area contributed by atoms with E-state index >= 15 is 0 Å². The van der Waals surface area contributed by atoms with Gasteiger partial charge in [0.1, 0.15) is 5.60 Å². The Hall–Kier alpha value is -1.23. The normalized spacial score (nSPS) is 28.7. The first-order valence-corrected chi connectivity index (χ1v) is 14.1. The Labute approximate surface area is 198 Å². The van der Waals surface area contributed by atoms with E-state index in [0.717, 1.165) is 12.8 Å². The molecule has 10 heteroatoms. The Bertz CT molecular complexity index is 782. The van der Waals surface area contributed by atoms with Crippen LogP contribution < -0.4 is 0 Å². The van der Waals surface area contributed by atoms with E-state index in [9.17, 15) is 18.0 Å². The third-order valence-electron chi connectivity index (χ3n) is 6.60. The van der Waals surface area contributed by atoms with Crippen molar-refractivity contribution in [2.75, 3.05) is 44.3 Å². The van der Waals surface area contributed by atoms with Gasteiger partial charge in [-0.3, -0.25) is 14.6 Å². The Kier molecular flexibility index (Phi) is 8.46. The second-order valence-electron chi connectivity index (χ2n) is 10.3. The number of likely N-dealkylation sites (tertiary alicyclic amines) is 1. The standard InChI is InChI=1S/C23H40N2O7S/c1-5-30-20(26)18-8-10-19(11-9-18)31-23(24-12-6-7-13-24,21(27)32-22(2,3)4)25-14-16-33(28,29)17-15-25/h18-19H,5-17H2,1-4H3. The van der Waals surface area contributed by atoms with Crippen LogP contribution in [0.2, 0.25) is 0 Å². The molecule has 9 nitrogen and oxygen atoms in total. The van der Waals surface area contributed by atoms with Crippen LogP contribution in [0, 0.1) is 5.92 Å². The van der Waals surface area contributed by atoms with Crippen molar-refractivity contribution >= 4 is 21.8 Å². The number of sulfone groups is 1.